The molecule has 0 atom stereocenters. The van der Waals surface area contributed by atoms with Crippen molar-refractivity contribution in [3.8, 4) is 0 Å². The SMILES string of the molecule is Cc1cc(C)c(CNC(=O)c2ccc(NC(=O)c3cccs3)cc2)c(=O)[nH]1. The molecule has 3 N–H and O–H groups in total. The van der Waals surface area contributed by atoms with Crippen LogP contribution in [-0.4, -0.2) is 16.8 Å². The van der Waals surface area contributed by atoms with Gasteiger partial charge in [-0.05, 0) is 61.2 Å². The van der Waals surface area contributed by atoms with Crippen LogP contribution in [0.3, 0.4) is 0 Å². The molecule has 6 nitrogen and oxygen atoms in total. The van der Waals surface area contributed by atoms with Gasteiger partial charge >= 0.3 is 0 Å². The third kappa shape index (κ3) is 4.51. The summed E-state index contributed by atoms with van der Waals surface area (Å²) < 4.78 is 0. The number of aryl methyl sites for hydroxylation is 2. The molecule has 1 aromatic carbocycles. The fourth-order valence-corrected chi connectivity index (χ4v) is 3.30. The first-order valence-corrected chi connectivity index (χ1v) is 9.24. The van der Waals surface area contributed by atoms with E-state index in [2.05, 4.69) is 15.6 Å². The number of anilines is 1. The van der Waals surface area contributed by atoms with Gasteiger partial charge in [-0.15, -0.1) is 11.3 Å². The topological polar surface area (TPSA) is 91.1 Å². The van der Waals surface area contributed by atoms with Crippen molar-refractivity contribution in [3.63, 3.8) is 0 Å². The summed E-state index contributed by atoms with van der Waals surface area (Å²) in [6.07, 6.45) is 0. The first kappa shape index (κ1) is 18.6. The van der Waals surface area contributed by atoms with Crippen LogP contribution in [0.1, 0.15) is 36.9 Å². The van der Waals surface area contributed by atoms with Crippen molar-refractivity contribution in [3.05, 3.63) is 85.5 Å². The molecule has 0 aliphatic carbocycles. The highest BCUT2D eigenvalue weighted by molar-refractivity contribution is 7.12. The first-order valence-electron chi connectivity index (χ1n) is 8.36. The highest BCUT2D eigenvalue weighted by atomic mass is 32.1. The summed E-state index contributed by atoms with van der Waals surface area (Å²) in [5.41, 5.74) is 3.02. The number of aromatic amines is 1. The predicted octanol–water partition coefficient (Wildman–Crippen LogP) is 3.24. The summed E-state index contributed by atoms with van der Waals surface area (Å²) in [6.45, 7) is 3.81. The van der Waals surface area contributed by atoms with Gasteiger partial charge in [-0.3, -0.25) is 14.4 Å². The van der Waals surface area contributed by atoms with E-state index in [1.54, 1.807) is 30.3 Å². The van der Waals surface area contributed by atoms with Crippen molar-refractivity contribution < 1.29 is 9.59 Å². The second-order valence-corrected chi connectivity index (χ2v) is 7.08. The molecule has 138 valence electrons. The molecule has 0 saturated heterocycles. The number of hydrogen-bond acceptors (Lipinski definition) is 4. The van der Waals surface area contributed by atoms with Crippen LogP contribution in [0.4, 0.5) is 5.69 Å². The molecule has 0 radical (unpaired) electrons. The number of aromatic nitrogens is 1. The maximum absolute atomic E-state index is 12.3. The Morgan fingerprint density at radius 2 is 1.81 bits per heavy atom. The highest BCUT2D eigenvalue weighted by Gasteiger charge is 2.11. The number of thiophene rings is 1. The molecule has 27 heavy (non-hydrogen) atoms. The average Bonchev–Trinajstić information content (AvgIpc) is 3.16. The van der Waals surface area contributed by atoms with Gasteiger partial charge in [-0.2, -0.15) is 0 Å². The lowest BCUT2D eigenvalue weighted by atomic mass is 10.1. The molecule has 0 saturated carbocycles. The lowest BCUT2D eigenvalue weighted by Crippen LogP contribution is -2.27. The normalized spacial score (nSPS) is 10.4. The largest absolute Gasteiger partial charge is 0.348 e. The van der Waals surface area contributed by atoms with Crippen molar-refractivity contribution >= 4 is 28.8 Å². The number of hydrogen-bond donors (Lipinski definition) is 3. The van der Waals surface area contributed by atoms with Crippen LogP contribution in [-0.2, 0) is 6.54 Å². The Morgan fingerprint density at radius 1 is 1.07 bits per heavy atom. The Hall–Kier alpha value is -3.19. The molecule has 0 fully saturated rings. The van der Waals surface area contributed by atoms with E-state index in [0.29, 0.717) is 21.7 Å². The molecular weight excluding hydrogens is 362 g/mol. The number of carbonyl (C=O) groups is 2. The molecule has 0 aliphatic heterocycles. The summed E-state index contributed by atoms with van der Waals surface area (Å²) in [5.74, 6) is -0.471. The second-order valence-electron chi connectivity index (χ2n) is 6.13. The van der Waals surface area contributed by atoms with Gasteiger partial charge < -0.3 is 15.6 Å². The molecule has 0 unspecified atom stereocenters. The number of H-pyrrole nitrogens is 1. The third-order valence-corrected chi connectivity index (χ3v) is 4.94. The quantitative estimate of drug-likeness (QED) is 0.634. The van der Waals surface area contributed by atoms with Crippen LogP contribution in [0.2, 0.25) is 0 Å². The lowest BCUT2D eigenvalue weighted by molar-refractivity contribution is 0.0950. The zero-order chi connectivity index (χ0) is 19.4. The smallest absolute Gasteiger partial charge is 0.265 e. The summed E-state index contributed by atoms with van der Waals surface area (Å²) in [5, 5.41) is 7.37. The molecule has 2 aromatic heterocycles. The van der Waals surface area contributed by atoms with E-state index < -0.39 is 0 Å². The molecule has 3 rings (SSSR count). The number of benzene rings is 1. The van der Waals surface area contributed by atoms with E-state index in [4.69, 9.17) is 0 Å². The van der Waals surface area contributed by atoms with Crippen molar-refractivity contribution in [2.75, 3.05) is 5.32 Å². The van der Waals surface area contributed by atoms with Gasteiger partial charge in [0.15, 0.2) is 0 Å². The van der Waals surface area contributed by atoms with E-state index in [0.717, 1.165) is 11.3 Å². The number of carbonyl (C=O) groups excluding carboxylic acids is 2. The van der Waals surface area contributed by atoms with Crippen LogP contribution in [0, 0.1) is 13.8 Å². The molecule has 2 heterocycles. The van der Waals surface area contributed by atoms with E-state index in [1.165, 1.54) is 11.3 Å². The Kier molecular flexibility index (Phi) is 5.52. The Labute approximate surface area is 160 Å². The molecule has 0 aliphatic rings. The van der Waals surface area contributed by atoms with Gasteiger partial charge in [-0.25, -0.2) is 0 Å². The fraction of sp³-hybridized carbons (Fsp3) is 0.150. The Bertz CT molecular complexity index is 1020. The second kappa shape index (κ2) is 8.01. The predicted molar refractivity (Wildman–Crippen MR) is 106 cm³/mol. The third-order valence-electron chi connectivity index (χ3n) is 4.07. The van der Waals surface area contributed by atoms with Crippen molar-refractivity contribution in [2.24, 2.45) is 0 Å². The van der Waals surface area contributed by atoms with Crippen molar-refractivity contribution in [1.29, 1.82) is 0 Å². The Balaban J connectivity index is 1.62. The minimum Gasteiger partial charge on any atom is -0.348 e. The van der Waals surface area contributed by atoms with E-state index in [-0.39, 0.29) is 23.9 Å². The minimum absolute atomic E-state index is 0.150. The van der Waals surface area contributed by atoms with Gasteiger partial charge in [0, 0.05) is 29.1 Å². The van der Waals surface area contributed by atoms with Crippen LogP contribution >= 0.6 is 11.3 Å². The van der Waals surface area contributed by atoms with Crippen molar-refractivity contribution in [2.45, 2.75) is 20.4 Å². The average molecular weight is 381 g/mol. The first-order chi connectivity index (χ1) is 12.9. The standard InChI is InChI=1S/C20H19N3O3S/c1-12-10-13(2)22-19(25)16(12)11-21-18(24)14-5-7-15(8-6-14)23-20(26)17-4-3-9-27-17/h3-10H,11H2,1-2H3,(H,21,24)(H,22,25)(H,23,26). The van der Waals surface area contributed by atoms with E-state index in [1.807, 2.05) is 31.4 Å². The molecule has 3 aromatic rings. The van der Waals surface area contributed by atoms with Crippen molar-refractivity contribution in [1.82, 2.24) is 10.3 Å². The summed E-state index contributed by atoms with van der Waals surface area (Å²) in [7, 11) is 0. The maximum Gasteiger partial charge on any atom is 0.265 e. The van der Waals surface area contributed by atoms with Gasteiger partial charge in [0.2, 0.25) is 0 Å². The van der Waals surface area contributed by atoms with Crippen LogP contribution in [0.25, 0.3) is 0 Å². The maximum atomic E-state index is 12.3. The summed E-state index contributed by atoms with van der Waals surface area (Å²) in [6, 6.07) is 12.0. The molecular formula is C20H19N3O3S. The number of pyridine rings is 1. The molecule has 2 amide bonds. The Morgan fingerprint density at radius 3 is 2.44 bits per heavy atom. The molecule has 0 spiro atoms. The monoisotopic (exact) mass is 381 g/mol. The zero-order valence-corrected chi connectivity index (χ0v) is 15.8. The number of nitrogens with one attached hydrogen (secondary N) is 3. The van der Waals surface area contributed by atoms with E-state index >= 15 is 0 Å². The summed E-state index contributed by atoms with van der Waals surface area (Å²) in [4.78, 5) is 39.7. The van der Waals surface area contributed by atoms with Crippen LogP contribution in [0.5, 0.6) is 0 Å². The van der Waals surface area contributed by atoms with E-state index in [9.17, 15) is 14.4 Å². The van der Waals surface area contributed by atoms with Crippen LogP contribution in [0.15, 0.2) is 52.6 Å². The molecule has 0 bridgehead atoms. The zero-order valence-electron chi connectivity index (χ0n) is 15.0. The minimum atomic E-state index is -0.287. The molecule has 7 heteroatoms. The van der Waals surface area contributed by atoms with Gasteiger partial charge in [0.05, 0.1) is 4.88 Å². The number of amides is 2. The van der Waals surface area contributed by atoms with Gasteiger partial charge in [-0.1, -0.05) is 6.07 Å². The highest BCUT2D eigenvalue weighted by Crippen LogP contribution is 2.14. The lowest BCUT2D eigenvalue weighted by Gasteiger charge is -2.09. The number of rotatable bonds is 5. The summed E-state index contributed by atoms with van der Waals surface area (Å²) >= 11 is 1.36. The van der Waals surface area contributed by atoms with Crippen LogP contribution < -0.4 is 16.2 Å². The van der Waals surface area contributed by atoms with Gasteiger partial charge in [0.1, 0.15) is 0 Å². The van der Waals surface area contributed by atoms with Gasteiger partial charge in [0.25, 0.3) is 17.4 Å². The fourth-order valence-electron chi connectivity index (χ4n) is 2.68.